The van der Waals surface area contributed by atoms with Crippen LogP contribution in [0.2, 0.25) is 0 Å². The molecule has 0 fully saturated rings. The SMILES string of the molecule is CC(C)(c1nc2ncncc2[nH]1)S(C)(=O)=O. The molecule has 0 radical (unpaired) electrons. The zero-order valence-corrected chi connectivity index (χ0v) is 10.0. The van der Waals surface area contributed by atoms with Crippen molar-refractivity contribution in [1.82, 2.24) is 19.9 Å². The van der Waals surface area contributed by atoms with E-state index in [-0.39, 0.29) is 0 Å². The van der Waals surface area contributed by atoms with Crippen LogP contribution in [-0.2, 0) is 14.6 Å². The number of aromatic nitrogens is 4. The molecule has 16 heavy (non-hydrogen) atoms. The fourth-order valence-corrected chi connectivity index (χ4v) is 1.67. The number of imidazole rings is 1. The number of fused-ring (bicyclic) bond motifs is 1. The van der Waals surface area contributed by atoms with Gasteiger partial charge in [0.1, 0.15) is 22.4 Å². The van der Waals surface area contributed by atoms with Gasteiger partial charge in [-0.25, -0.2) is 23.4 Å². The first-order valence-electron chi connectivity index (χ1n) is 4.68. The van der Waals surface area contributed by atoms with E-state index < -0.39 is 14.6 Å². The Hall–Kier alpha value is -1.50. The minimum absolute atomic E-state index is 0.380. The van der Waals surface area contributed by atoms with Gasteiger partial charge in [-0.3, -0.25) is 0 Å². The van der Waals surface area contributed by atoms with E-state index >= 15 is 0 Å². The van der Waals surface area contributed by atoms with Crippen LogP contribution in [-0.4, -0.2) is 34.6 Å². The van der Waals surface area contributed by atoms with Gasteiger partial charge in [0, 0.05) is 6.26 Å². The lowest BCUT2D eigenvalue weighted by Crippen LogP contribution is -2.29. The van der Waals surface area contributed by atoms with Crippen molar-refractivity contribution in [3.63, 3.8) is 0 Å². The van der Waals surface area contributed by atoms with Gasteiger partial charge in [-0.2, -0.15) is 0 Å². The highest BCUT2D eigenvalue weighted by Gasteiger charge is 2.35. The molecule has 2 aromatic heterocycles. The molecule has 0 aromatic carbocycles. The van der Waals surface area contributed by atoms with Gasteiger partial charge >= 0.3 is 0 Å². The zero-order valence-electron chi connectivity index (χ0n) is 9.22. The summed E-state index contributed by atoms with van der Waals surface area (Å²) in [6.45, 7) is 3.21. The Bertz CT molecular complexity index is 597. The average Bonchev–Trinajstić information content (AvgIpc) is 2.59. The molecule has 0 aliphatic rings. The number of aromatic amines is 1. The van der Waals surface area contributed by atoms with E-state index in [2.05, 4.69) is 19.9 Å². The van der Waals surface area contributed by atoms with Crippen LogP contribution in [0.15, 0.2) is 12.5 Å². The number of hydrogen-bond acceptors (Lipinski definition) is 5. The van der Waals surface area contributed by atoms with Crippen molar-refractivity contribution in [3.05, 3.63) is 18.3 Å². The van der Waals surface area contributed by atoms with E-state index in [1.165, 1.54) is 12.6 Å². The van der Waals surface area contributed by atoms with Crippen molar-refractivity contribution in [1.29, 1.82) is 0 Å². The number of nitrogens with one attached hydrogen (secondary N) is 1. The summed E-state index contributed by atoms with van der Waals surface area (Å²) in [5, 5.41) is 0. The van der Waals surface area contributed by atoms with Crippen molar-refractivity contribution in [2.24, 2.45) is 0 Å². The molecule has 0 amide bonds. The van der Waals surface area contributed by atoms with Crippen LogP contribution in [0.1, 0.15) is 19.7 Å². The summed E-state index contributed by atoms with van der Waals surface area (Å²) >= 11 is 0. The molecule has 0 aliphatic heterocycles. The second kappa shape index (κ2) is 3.24. The van der Waals surface area contributed by atoms with Crippen molar-refractivity contribution in [3.8, 4) is 0 Å². The van der Waals surface area contributed by atoms with Gasteiger partial charge < -0.3 is 4.98 Å². The number of rotatable bonds is 2. The predicted octanol–water partition coefficient (Wildman–Crippen LogP) is 0.633. The Morgan fingerprint density at radius 3 is 2.62 bits per heavy atom. The van der Waals surface area contributed by atoms with E-state index in [1.54, 1.807) is 20.0 Å². The zero-order chi connectivity index (χ0) is 12.0. The third kappa shape index (κ3) is 1.57. The van der Waals surface area contributed by atoms with E-state index in [0.717, 1.165) is 0 Å². The van der Waals surface area contributed by atoms with Crippen LogP contribution < -0.4 is 0 Å². The quantitative estimate of drug-likeness (QED) is 0.831. The number of H-pyrrole nitrogens is 1. The van der Waals surface area contributed by atoms with Crippen LogP contribution in [0, 0.1) is 0 Å². The lowest BCUT2D eigenvalue weighted by Gasteiger charge is -2.19. The van der Waals surface area contributed by atoms with Gasteiger partial charge in [0.05, 0.1) is 6.20 Å². The van der Waals surface area contributed by atoms with Crippen molar-refractivity contribution < 1.29 is 8.42 Å². The molecule has 0 saturated carbocycles. The number of nitrogens with zero attached hydrogens (tertiary/aromatic N) is 3. The third-order valence-electron chi connectivity index (χ3n) is 2.66. The van der Waals surface area contributed by atoms with Gasteiger partial charge in [0.2, 0.25) is 0 Å². The summed E-state index contributed by atoms with van der Waals surface area (Å²) in [6, 6.07) is 0. The highest BCUT2D eigenvalue weighted by atomic mass is 32.2. The standard InChI is InChI=1S/C9H12N4O2S/c1-9(2,16(3,14)15)8-12-6-4-10-5-11-7(6)13-8/h4-5H,1-3H3,(H,10,11,12,13). The Labute approximate surface area is 93.1 Å². The van der Waals surface area contributed by atoms with Gasteiger partial charge in [0.15, 0.2) is 15.5 Å². The molecular formula is C9H12N4O2S. The first-order chi connectivity index (χ1) is 7.32. The average molecular weight is 240 g/mol. The lowest BCUT2D eigenvalue weighted by atomic mass is 10.2. The topological polar surface area (TPSA) is 88.6 Å². The fraction of sp³-hybridized carbons (Fsp3) is 0.444. The van der Waals surface area contributed by atoms with Crippen molar-refractivity contribution in [2.75, 3.05) is 6.26 Å². The molecule has 0 saturated heterocycles. The van der Waals surface area contributed by atoms with Gasteiger partial charge in [-0.15, -0.1) is 0 Å². The van der Waals surface area contributed by atoms with Gasteiger partial charge in [-0.05, 0) is 13.8 Å². The summed E-state index contributed by atoms with van der Waals surface area (Å²) in [4.78, 5) is 14.9. The van der Waals surface area contributed by atoms with Crippen LogP contribution in [0.5, 0.6) is 0 Å². The molecule has 2 rings (SSSR count). The highest BCUT2D eigenvalue weighted by Crippen LogP contribution is 2.27. The van der Waals surface area contributed by atoms with Crippen LogP contribution >= 0.6 is 0 Å². The third-order valence-corrected chi connectivity index (χ3v) is 4.71. The summed E-state index contributed by atoms with van der Waals surface area (Å²) in [6.07, 6.45) is 4.13. The Kier molecular flexibility index (Phi) is 2.23. The maximum Gasteiger partial charge on any atom is 0.180 e. The first-order valence-corrected chi connectivity index (χ1v) is 6.57. The minimum atomic E-state index is -3.24. The van der Waals surface area contributed by atoms with Crippen molar-refractivity contribution >= 4 is 21.0 Å². The van der Waals surface area contributed by atoms with Crippen LogP contribution in [0.25, 0.3) is 11.2 Å². The highest BCUT2D eigenvalue weighted by molar-refractivity contribution is 7.91. The summed E-state index contributed by atoms with van der Waals surface area (Å²) in [5.41, 5.74) is 1.11. The Morgan fingerprint density at radius 2 is 2.06 bits per heavy atom. The summed E-state index contributed by atoms with van der Waals surface area (Å²) in [5.74, 6) is 0.380. The van der Waals surface area contributed by atoms with Crippen LogP contribution in [0.4, 0.5) is 0 Å². The number of hydrogen-bond donors (Lipinski definition) is 1. The minimum Gasteiger partial charge on any atom is -0.338 e. The van der Waals surface area contributed by atoms with E-state index in [4.69, 9.17) is 0 Å². The molecule has 2 heterocycles. The maximum atomic E-state index is 11.6. The molecule has 7 heteroatoms. The first kappa shape index (κ1) is 11.0. The fourth-order valence-electron chi connectivity index (χ4n) is 1.22. The smallest absolute Gasteiger partial charge is 0.180 e. The Balaban J connectivity index is 2.65. The summed E-state index contributed by atoms with van der Waals surface area (Å²) < 4.78 is 22.2. The summed E-state index contributed by atoms with van der Waals surface area (Å²) in [7, 11) is -3.24. The van der Waals surface area contributed by atoms with Gasteiger partial charge in [-0.1, -0.05) is 0 Å². The second-order valence-corrected chi connectivity index (χ2v) is 6.69. The van der Waals surface area contributed by atoms with Crippen LogP contribution in [0.3, 0.4) is 0 Å². The van der Waals surface area contributed by atoms with E-state index in [9.17, 15) is 8.42 Å². The lowest BCUT2D eigenvalue weighted by molar-refractivity contribution is 0.552. The van der Waals surface area contributed by atoms with E-state index in [0.29, 0.717) is 17.0 Å². The van der Waals surface area contributed by atoms with Gasteiger partial charge in [0.25, 0.3) is 0 Å². The number of sulfone groups is 1. The molecule has 1 N–H and O–H groups in total. The predicted molar refractivity (Wildman–Crippen MR) is 59.6 cm³/mol. The molecule has 2 aromatic rings. The molecule has 0 unspecified atom stereocenters. The van der Waals surface area contributed by atoms with E-state index in [1.807, 2.05) is 0 Å². The van der Waals surface area contributed by atoms with Crippen molar-refractivity contribution in [2.45, 2.75) is 18.6 Å². The molecule has 6 nitrogen and oxygen atoms in total. The second-order valence-electron chi connectivity index (χ2n) is 4.13. The Morgan fingerprint density at radius 1 is 1.38 bits per heavy atom. The molecular weight excluding hydrogens is 228 g/mol. The normalized spacial score (nSPS) is 13.2. The largest absolute Gasteiger partial charge is 0.338 e. The monoisotopic (exact) mass is 240 g/mol. The molecule has 0 aliphatic carbocycles. The molecule has 0 atom stereocenters. The molecule has 86 valence electrons. The maximum absolute atomic E-state index is 11.6. The molecule has 0 bridgehead atoms. The molecule has 0 spiro atoms.